The molecule has 0 aromatic carbocycles. The Morgan fingerprint density at radius 3 is 2.68 bits per heavy atom. The summed E-state index contributed by atoms with van der Waals surface area (Å²) in [6, 6.07) is 1.72. The van der Waals surface area contributed by atoms with Gasteiger partial charge in [-0.15, -0.1) is 0 Å². The van der Waals surface area contributed by atoms with Crippen molar-refractivity contribution < 1.29 is 14.6 Å². The van der Waals surface area contributed by atoms with Crippen LogP contribution in [0.25, 0.3) is 0 Å². The van der Waals surface area contributed by atoms with E-state index in [0.29, 0.717) is 30.7 Å². The van der Waals surface area contributed by atoms with Crippen molar-refractivity contribution in [2.45, 2.75) is 27.2 Å². The van der Waals surface area contributed by atoms with Crippen LogP contribution in [0.2, 0.25) is 0 Å². The van der Waals surface area contributed by atoms with Gasteiger partial charge in [-0.05, 0) is 19.3 Å². The van der Waals surface area contributed by atoms with Crippen LogP contribution in [0.1, 0.15) is 26.0 Å². The van der Waals surface area contributed by atoms with Gasteiger partial charge in [-0.1, -0.05) is 13.8 Å². The van der Waals surface area contributed by atoms with E-state index in [1.54, 1.807) is 6.07 Å². The van der Waals surface area contributed by atoms with Gasteiger partial charge in [-0.25, -0.2) is 4.98 Å². The molecule has 19 heavy (non-hydrogen) atoms. The zero-order chi connectivity index (χ0) is 14.4. The van der Waals surface area contributed by atoms with E-state index in [1.807, 2.05) is 20.8 Å². The molecule has 2 N–H and O–H groups in total. The molecule has 0 aliphatic heterocycles. The van der Waals surface area contributed by atoms with Crippen molar-refractivity contribution in [3.8, 4) is 5.88 Å². The van der Waals surface area contributed by atoms with Crippen LogP contribution in [0.4, 0.5) is 5.95 Å². The number of carboxylic acids is 1. The molecule has 0 bridgehead atoms. The molecule has 6 heteroatoms. The molecule has 0 aliphatic carbocycles. The minimum atomic E-state index is -0.805. The number of methoxy groups -OCH3 is 1. The highest BCUT2D eigenvalue weighted by Gasteiger charge is 2.19. The van der Waals surface area contributed by atoms with Gasteiger partial charge in [0.25, 0.3) is 0 Å². The van der Waals surface area contributed by atoms with Gasteiger partial charge in [-0.2, -0.15) is 4.98 Å². The lowest BCUT2D eigenvalue weighted by molar-refractivity contribution is -0.141. The summed E-state index contributed by atoms with van der Waals surface area (Å²) < 4.78 is 5.05. The third-order valence-corrected chi connectivity index (χ3v) is 2.65. The first-order valence-electron chi connectivity index (χ1n) is 6.28. The van der Waals surface area contributed by atoms with Crippen molar-refractivity contribution in [3.05, 3.63) is 11.8 Å². The van der Waals surface area contributed by atoms with Crippen molar-refractivity contribution in [3.63, 3.8) is 0 Å². The first-order valence-corrected chi connectivity index (χ1v) is 6.28. The summed E-state index contributed by atoms with van der Waals surface area (Å²) in [4.78, 5) is 19.5. The fourth-order valence-corrected chi connectivity index (χ4v) is 1.78. The van der Waals surface area contributed by atoms with Crippen molar-refractivity contribution in [2.75, 3.05) is 19.0 Å². The molecule has 1 aromatic heterocycles. The maximum absolute atomic E-state index is 11.1. The van der Waals surface area contributed by atoms with E-state index in [4.69, 9.17) is 9.84 Å². The number of aromatic nitrogens is 2. The van der Waals surface area contributed by atoms with Crippen LogP contribution in [-0.2, 0) is 4.79 Å². The predicted octanol–water partition coefficient (Wildman–Crippen LogP) is 1.95. The minimum Gasteiger partial charge on any atom is -0.481 e. The summed E-state index contributed by atoms with van der Waals surface area (Å²) in [6.45, 7) is 6.14. The van der Waals surface area contributed by atoms with Crippen LogP contribution in [-0.4, -0.2) is 34.7 Å². The monoisotopic (exact) mass is 267 g/mol. The van der Waals surface area contributed by atoms with Crippen LogP contribution in [0, 0.1) is 18.8 Å². The van der Waals surface area contributed by atoms with E-state index in [0.717, 1.165) is 5.69 Å². The summed E-state index contributed by atoms with van der Waals surface area (Å²) in [5.41, 5.74) is 0.769. The molecular formula is C13H21N3O3. The van der Waals surface area contributed by atoms with E-state index in [1.165, 1.54) is 7.11 Å². The lowest BCUT2D eigenvalue weighted by atomic mass is 9.97. The van der Waals surface area contributed by atoms with Gasteiger partial charge >= 0.3 is 5.97 Å². The minimum absolute atomic E-state index is 0.306. The van der Waals surface area contributed by atoms with Gasteiger partial charge in [0, 0.05) is 18.3 Å². The second kappa shape index (κ2) is 6.92. The van der Waals surface area contributed by atoms with E-state index in [-0.39, 0.29) is 0 Å². The van der Waals surface area contributed by atoms with Gasteiger partial charge in [0.1, 0.15) is 0 Å². The fourth-order valence-electron chi connectivity index (χ4n) is 1.78. The summed E-state index contributed by atoms with van der Waals surface area (Å²) in [5.74, 6) is -0.0654. The number of anilines is 1. The van der Waals surface area contributed by atoms with Crippen LogP contribution < -0.4 is 10.1 Å². The van der Waals surface area contributed by atoms with Crippen molar-refractivity contribution in [1.82, 2.24) is 9.97 Å². The number of aryl methyl sites for hydroxylation is 1. The summed E-state index contributed by atoms with van der Waals surface area (Å²) in [6.07, 6.45) is 0.616. The normalized spacial score (nSPS) is 12.3. The van der Waals surface area contributed by atoms with Crippen LogP contribution >= 0.6 is 0 Å². The Morgan fingerprint density at radius 2 is 2.16 bits per heavy atom. The number of carbonyl (C=O) groups is 1. The third-order valence-electron chi connectivity index (χ3n) is 2.65. The first-order chi connectivity index (χ1) is 8.92. The van der Waals surface area contributed by atoms with E-state index in [9.17, 15) is 4.79 Å². The Hall–Kier alpha value is -1.85. The molecular weight excluding hydrogens is 246 g/mol. The van der Waals surface area contributed by atoms with Crippen LogP contribution in [0.3, 0.4) is 0 Å². The molecule has 1 aromatic rings. The lowest BCUT2D eigenvalue weighted by Crippen LogP contribution is -2.25. The number of nitrogens with zero attached hydrogens (tertiary/aromatic N) is 2. The topological polar surface area (TPSA) is 84.3 Å². The maximum atomic E-state index is 11.1. The summed E-state index contributed by atoms with van der Waals surface area (Å²) in [5, 5.41) is 12.1. The number of rotatable bonds is 7. The standard InChI is InChI=1S/C13H21N3O3/c1-8(2)5-10(12(17)18)7-14-13-15-9(3)6-11(16-13)19-4/h6,8,10H,5,7H2,1-4H3,(H,17,18)(H,14,15,16). The van der Waals surface area contributed by atoms with Gasteiger partial charge in [0.15, 0.2) is 0 Å². The Labute approximate surface area is 113 Å². The molecule has 1 heterocycles. The largest absolute Gasteiger partial charge is 0.481 e. The molecule has 0 amide bonds. The van der Waals surface area contributed by atoms with E-state index in [2.05, 4.69) is 15.3 Å². The van der Waals surface area contributed by atoms with Gasteiger partial charge in [-0.3, -0.25) is 4.79 Å². The molecule has 0 radical (unpaired) electrons. The van der Waals surface area contributed by atoms with E-state index < -0.39 is 11.9 Å². The molecule has 0 spiro atoms. The van der Waals surface area contributed by atoms with Gasteiger partial charge in [0.05, 0.1) is 13.0 Å². The Kier molecular flexibility index (Phi) is 5.54. The summed E-state index contributed by atoms with van der Waals surface area (Å²) >= 11 is 0. The van der Waals surface area contributed by atoms with Crippen LogP contribution in [0.5, 0.6) is 5.88 Å². The number of nitrogens with one attached hydrogen (secondary N) is 1. The highest BCUT2D eigenvalue weighted by Crippen LogP contribution is 2.15. The average molecular weight is 267 g/mol. The molecule has 106 valence electrons. The SMILES string of the molecule is COc1cc(C)nc(NCC(CC(C)C)C(=O)O)n1. The third kappa shape index (κ3) is 5.11. The van der Waals surface area contributed by atoms with E-state index >= 15 is 0 Å². The number of carboxylic acid groups (broad SMARTS) is 1. The first kappa shape index (κ1) is 15.2. The summed E-state index contributed by atoms with van der Waals surface area (Å²) in [7, 11) is 1.53. The maximum Gasteiger partial charge on any atom is 0.308 e. The van der Waals surface area contributed by atoms with Gasteiger partial charge < -0.3 is 15.2 Å². The molecule has 1 atom stereocenters. The average Bonchev–Trinajstić information content (AvgIpc) is 2.33. The van der Waals surface area contributed by atoms with Crippen molar-refractivity contribution in [2.24, 2.45) is 11.8 Å². The lowest BCUT2D eigenvalue weighted by Gasteiger charge is -2.15. The Balaban J connectivity index is 2.68. The molecule has 0 saturated carbocycles. The zero-order valence-corrected chi connectivity index (χ0v) is 11.8. The smallest absolute Gasteiger partial charge is 0.308 e. The molecule has 0 saturated heterocycles. The fraction of sp³-hybridized carbons (Fsp3) is 0.615. The number of ether oxygens (including phenoxy) is 1. The number of aliphatic carboxylic acids is 1. The molecule has 0 fully saturated rings. The second-order valence-electron chi connectivity index (χ2n) is 4.92. The molecule has 1 rings (SSSR count). The second-order valence-corrected chi connectivity index (χ2v) is 4.92. The van der Waals surface area contributed by atoms with Gasteiger partial charge in [0.2, 0.25) is 11.8 Å². The zero-order valence-electron chi connectivity index (χ0n) is 11.8. The molecule has 0 aliphatic rings. The number of hydrogen-bond donors (Lipinski definition) is 2. The Morgan fingerprint density at radius 1 is 1.47 bits per heavy atom. The quantitative estimate of drug-likeness (QED) is 0.785. The van der Waals surface area contributed by atoms with Crippen molar-refractivity contribution >= 4 is 11.9 Å². The molecule has 6 nitrogen and oxygen atoms in total. The molecule has 1 unspecified atom stereocenters. The van der Waals surface area contributed by atoms with Crippen molar-refractivity contribution in [1.29, 1.82) is 0 Å². The Bertz CT molecular complexity index is 435. The highest BCUT2D eigenvalue weighted by atomic mass is 16.5. The highest BCUT2D eigenvalue weighted by molar-refractivity contribution is 5.70. The number of hydrogen-bond acceptors (Lipinski definition) is 5. The van der Waals surface area contributed by atoms with Crippen LogP contribution in [0.15, 0.2) is 6.07 Å². The predicted molar refractivity (Wildman–Crippen MR) is 72.4 cm³/mol.